The third-order valence-electron chi connectivity index (χ3n) is 2.86. The minimum atomic E-state index is -0.621. The van der Waals surface area contributed by atoms with E-state index in [9.17, 15) is 4.79 Å². The molecule has 0 aliphatic rings. The van der Waals surface area contributed by atoms with Crippen molar-refractivity contribution in [2.75, 3.05) is 11.9 Å². The predicted molar refractivity (Wildman–Crippen MR) is 85.9 cm³/mol. The number of benzene rings is 2. The fraction of sp³-hybridized carbons (Fsp3) is 0.188. The Morgan fingerprint density at radius 2 is 1.86 bits per heavy atom. The summed E-state index contributed by atoms with van der Waals surface area (Å²) in [7, 11) is 0. The summed E-state index contributed by atoms with van der Waals surface area (Å²) in [5.74, 6) is -0.352. The average molecular weight is 324 g/mol. The topological polar surface area (TPSA) is 38.3 Å². The first-order chi connectivity index (χ1) is 10.1. The highest BCUT2D eigenvalue weighted by molar-refractivity contribution is 6.31. The van der Waals surface area contributed by atoms with E-state index < -0.39 is 6.04 Å². The molecule has 0 aliphatic carbocycles. The summed E-state index contributed by atoms with van der Waals surface area (Å²) in [5, 5.41) is 4.35. The lowest BCUT2D eigenvalue weighted by Crippen LogP contribution is -2.23. The zero-order valence-electron chi connectivity index (χ0n) is 11.5. The molecular weight excluding hydrogens is 309 g/mol. The zero-order valence-corrected chi connectivity index (χ0v) is 13.0. The molecule has 0 saturated carbocycles. The van der Waals surface area contributed by atoms with E-state index in [0.29, 0.717) is 16.7 Å². The number of carbonyl (C=O) groups is 1. The molecule has 110 valence electrons. The van der Waals surface area contributed by atoms with Crippen molar-refractivity contribution in [3.63, 3.8) is 0 Å². The van der Waals surface area contributed by atoms with E-state index in [0.717, 1.165) is 11.3 Å². The molecular formula is C16H15Cl2NO2. The lowest BCUT2D eigenvalue weighted by Gasteiger charge is -2.19. The van der Waals surface area contributed by atoms with E-state index in [1.807, 2.05) is 6.07 Å². The maximum atomic E-state index is 12.2. The van der Waals surface area contributed by atoms with Crippen molar-refractivity contribution in [1.29, 1.82) is 0 Å². The van der Waals surface area contributed by atoms with E-state index in [2.05, 4.69) is 5.32 Å². The molecule has 0 aromatic heterocycles. The molecule has 0 bridgehead atoms. The number of ether oxygens (including phenoxy) is 1. The van der Waals surface area contributed by atoms with Gasteiger partial charge in [-0.05, 0) is 48.9 Å². The van der Waals surface area contributed by atoms with Gasteiger partial charge in [0.1, 0.15) is 0 Å². The monoisotopic (exact) mass is 323 g/mol. The Kier molecular flexibility index (Phi) is 5.48. The molecule has 5 heteroatoms. The van der Waals surface area contributed by atoms with Gasteiger partial charge in [0.05, 0.1) is 6.61 Å². The molecule has 3 nitrogen and oxygen atoms in total. The lowest BCUT2D eigenvalue weighted by molar-refractivity contribution is -0.144. The summed E-state index contributed by atoms with van der Waals surface area (Å²) in [6.45, 7) is 2.09. The van der Waals surface area contributed by atoms with Gasteiger partial charge < -0.3 is 10.1 Å². The Hall–Kier alpha value is -1.71. The van der Waals surface area contributed by atoms with Gasteiger partial charge in [0.2, 0.25) is 0 Å². The fourth-order valence-electron chi connectivity index (χ4n) is 1.90. The Labute approximate surface area is 133 Å². The van der Waals surface area contributed by atoms with Gasteiger partial charge in [-0.25, -0.2) is 4.79 Å². The number of anilines is 1. The zero-order chi connectivity index (χ0) is 15.2. The van der Waals surface area contributed by atoms with Crippen LogP contribution in [0.2, 0.25) is 10.0 Å². The fourth-order valence-corrected chi connectivity index (χ4v) is 2.23. The minimum absolute atomic E-state index is 0.318. The Morgan fingerprint density at radius 1 is 1.14 bits per heavy atom. The molecule has 1 N–H and O–H groups in total. The quantitative estimate of drug-likeness (QED) is 0.810. The molecule has 0 saturated heterocycles. The Morgan fingerprint density at radius 3 is 2.48 bits per heavy atom. The normalized spacial score (nSPS) is 11.8. The first kappa shape index (κ1) is 15.7. The molecule has 0 radical (unpaired) electrons. The van der Waals surface area contributed by atoms with E-state index in [4.69, 9.17) is 27.9 Å². The van der Waals surface area contributed by atoms with E-state index in [1.54, 1.807) is 49.4 Å². The van der Waals surface area contributed by atoms with Crippen LogP contribution in [-0.2, 0) is 9.53 Å². The van der Waals surface area contributed by atoms with Crippen LogP contribution in [0.3, 0.4) is 0 Å². The van der Waals surface area contributed by atoms with Crippen molar-refractivity contribution in [3.05, 3.63) is 64.1 Å². The molecule has 0 amide bonds. The first-order valence-electron chi connectivity index (χ1n) is 6.54. The van der Waals surface area contributed by atoms with Gasteiger partial charge in [0, 0.05) is 15.7 Å². The van der Waals surface area contributed by atoms with Crippen LogP contribution in [0.1, 0.15) is 18.5 Å². The highest BCUT2D eigenvalue weighted by Crippen LogP contribution is 2.24. The SMILES string of the molecule is CCOC(=O)C(Nc1ccc(Cl)cc1)c1cccc(Cl)c1. The van der Waals surface area contributed by atoms with Crippen LogP contribution in [0, 0.1) is 0 Å². The van der Waals surface area contributed by atoms with Crippen molar-refractivity contribution in [3.8, 4) is 0 Å². The summed E-state index contributed by atoms with van der Waals surface area (Å²) >= 11 is 11.9. The third kappa shape index (κ3) is 4.38. The van der Waals surface area contributed by atoms with Gasteiger partial charge in [-0.15, -0.1) is 0 Å². The number of rotatable bonds is 5. The Bertz CT molecular complexity index is 614. The molecule has 2 aromatic carbocycles. The van der Waals surface area contributed by atoms with Gasteiger partial charge in [0.25, 0.3) is 0 Å². The van der Waals surface area contributed by atoms with Crippen LogP contribution >= 0.6 is 23.2 Å². The third-order valence-corrected chi connectivity index (χ3v) is 3.35. The van der Waals surface area contributed by atoms with Crippen molar-refractivity contribution < 1.29 is 9.53 Å². The maximum Gasteiger partial charge on any atom is 0.333 e. The second-order valence-electron chi connectivity index (χ2n) is 4.39. The van der Waals surface area contributed by atoms with Crippen LogP contribution in [0.15, 0.2) is 48.5 Å². The molecule has 0 aliphatic heterocycles. The van der Waals surface area contributed by atoms with Crippen molar-refractivity contribution in [2.24, 2.45) is 0 Å². The second kappa shape index (κ2) is 7.34. The van der Waals surface area contributed by atoms with Crippen molar-refractivity contribution >= 4 is 34.9 Å². The second-order valence-corrected chi connectivity index (χ2v) is 5.26. The minimum Gasteiger partial charge on any atom is -0.464 e. The van der Waals surface area contributed by atoms with Gasteiger partial charge in [-0.2, -0.15) is 0 Å². The average Bonchev–Trinajstić information content (AvgIpc) is 2.47. The smallest absolute Gasteiger partial charge is 0.333 e. The molecule has 2 rings (SSSR count). The van der Waals surface area contributed by atoms with Crippen molar-refractivity contribution in [1.82, 2.24) is 0 Å². The van der Waals surface area contributed by atoms with Crippen LogP contribution in [0.4, 0.5) is 5.69 Å². The standard InChI is InChI=1S/C16H15Cl2NO2/c1-2-21-16(20)15(11-4-3-5-13(18)10-11)19-14-8-6-12(17)7-9-14/h3-10,15,19H,2H2,1H3. The molecule has 0 heterocycles. The summed E-state index contributed by atoms with van der Waals surface area (Å²) in [6.07, 6.45) is 0. The first-order valence-corrected chi connectivity index (χ1v) is 7.30. The van der Waals surface area contributed by atoms with Gasteiger partial charge in [-0.1, -0.05) is 35.3 Å². The lowest BCUT2D eigenvalue weighted by atomic mass is 10.1. The van der Waals surface area contributed by atoms with Crippen LogP contribution in [0.5, 0.6) is 0 Å². The summed E-state index contributed by atoms with van der Waals surface area (Å²) in [6, 6.07) is 13.6. The van der Waals surface area contributed by atoms with E-state index >= 15 is 0 Å². The number of nitrogens with one attached hydrogen (secondary N) is 1. The highest BCUT2D eigenvalue weighted by atomic mass is 35.5. The number of hydrogen-bond acceptors (Lipinski definition) is 3. The molecule has 1 unspecified atom stereocenters. The summed E-state index contributed by atoms with van der Waals surface area (Å²) in [5.41, 5.74) is 1.52. The van der Waals surface area contributed by atoms with Gasteiger partial charge in [0.15, 0.2) is 6.04 Å². The Balaban J connectivity index is 2.27. The molecule has 1 atom stereocenters. The van der Waals surface area contributed by atoms with Crippen LogP contribution < -0.4 is 5.32 Å². The molecule has 0 fully saturated rings. The molecule has 0 spiro atoms. The van der Waals surface area contributed by atoms with Gasteiger partial charge >= 0.3 is 5.97 Å². The highest BCUT2D eigenvalue weighted by Gasteiger charge is 2.22. The van der Waals surface area contributed by atoms with E-state index in [1.165, 1.54) is 0 Å². The van der Waals surface area contributed by atoms with Crippen LogP contribution in [0.25, 0.3) is 0 Å². The number of carbonyl (C=O) groups excluding carboxylic acids is 1. The maximum absolute atomic E-state index is 12.2. The van der Waals surface area contributed by atoms with Crippen molar-refractivity contribution in [2.45, 2.75) is 13.0 Å². The van der Waals surface area contributed by atoms with E-state index in [-0.39, 0.29) is 5.97 Å². The number of halogens is 2. The largest absolute Gasteiger partial charge is 0.464 e. The summed E-state index contributed by atoms with van der Waals surface area (Å²) in [4.78, 5) is 12.2. The number of esters is 1. The van der Waals surface area contributed by atoms with Gasteiger partial charge in [-0.3, -0.25) is 0 Å². The summed E-state index contributed by atoms with van der Waals surface area (Å²) < 4.78 is 5.12. The number of hydrogen-bond donors (Lipinski definition) is 1. The molecule has 2 aromatic rings. The predicted octanol–water partition coefficient (Wildman–Crippen LogP) is 4.71. The molecule has 21 heavy (non-hydrogen) atoms. The van der Waals surface area contributed by atoms with Crippen LogP contribution in [-0.4, -0.2) is 12.6 Å².